The second-order valence-electron chi connectivity index (χ2n) is 10.4. The number of rotatable bonds is 10. The predicted molar refractivity (Wildman–Crippen MR) is 152 cm³/mol. The fourth-order valence-electron chi connectivity index (χ4n) is 4.99. The van der Waals surface area contributed by atoms with Crippen LogP contribution in [0, 0.1) is 12.7 Å². The van der Waals surface area contributed by atoms with Crippen molar-refractivity contribution in [3.63, 3.8) is 0 Å². The van der Waals surface area contributed by atoms with Crippen LogP contribution in [0.4, 0.5) is 19.0 Å². The Kier molecular flexibility index (Phi) is 7.20. The number of alkyl halides is 2. The van der Waals surface area contributed by atoms with Crippen LogP contribution in [0.3, 0.4) is 0 Å². The third-order valence-electron chi connectivity index (χ3n) is 7.32. The summed E-state index contributed by atoms with van der Waals surface area (Å²) in [6.45, 7) is -1.39. The van der Waals surface area contributed by atoms with E-state index in [2.05, 4.69) is 14.8 Å². The molecular weight excluding hydrogens is 585 g/mol. The molecule has 2 heterocycles. The number of hydrogen-bond acceptors (Lipinski definition) is 8. The summed E-state index contributed by atoms with van der Waals surface area (Å²) in [7, 11) is -3.51. The molecule has 0 amide bonds. The monoisotopic (exact) mass is 610 g/mol. The molecule has 1 saturated carbocycles. The van der Waals surface area contributed by atoms with Gasteiger partial charge in [0.1, 0.15) is 11.6 Å². The van der Waals surface area contributed by atoms with Gasteiger partial charge in [-0.25, -0.2) is 22.5 Å². The van der Waals surface area contributed by atoms with Crippen molar-refractivity contribution >= 4 is 27.5 Å². The molecule has 43 heavy (non-hydrogen) atoms. The van der Waals surface area contributed by atoms with Crippen molar-refractivity contribution in [2.75, 3.05) is 5.73 Å². The van der Waals surface area contributed by atoms with E-state index in [9.17, 15) is 26.4 Å². The molecule has 2 N–H and O–H groups in total. The molecule has 0 saturated heterocycles. The van der Waals surface area contributed by atoms with Gasteiger partial charge in [-0.05, 0) is 60.7 Å². The van der Waals surface area contributed by atoms with Crippen LogP contribution in [0.25, 0.3) is 11.8 Å². The van der Waals surface area contributed by atoms with E-state index in [1.165, 1.54) is 41.3 Å². The molecule has 0 bridgehead atoms. The molecule has 2 aromatic carbocycles. The molecule has 0 aliphatic heterocycles. The summed E-state index contributed by atoms with van der Waals surface area (Å²) in [6, 6.07) is 10.4. The van der Waals surface area contributed by atoms with Crippen LogP contribution in [-0.2, 0) is 22.0 Å². The van der Waals surface area contributed by atoms with Crippen LogP contribution in [-0.4, -0.2) is 40.8 Å². The van der Waals surface area contributed by atoms with Crippen molar-refractivity contribution in [2.45, 2.75) is 43.8 Å². The van der Waals surface area contributed by atoms with Gasteiger partial charge in [-0.15, -0.1) is 0 Å². The highest BCUT2D eigenvalue weighted by Gasteiger charge is 2.36. The molecule has 0 radical (unpaired) electrons. The number of allylic oxidation sites excluding steroid dienone is 1. The summed E-state index contributed by atoms with van der Waals surface area (Å²) in [5, 5.41) is 3.80. The molecule has 9 nitrogen and oxygen atoms in total. The van der Waals surface area contributed by atoms with Crippen LogP contribution >= 0.6 is 0 Å². The quantitative estimate of drug-likeness (QED) is 0.230. The number of carbonyl (C=O) groups excluding carboxylic acids is 1. The molecule has 0 atom stereocenters. The van der Waals surface area contributed by atoms with Gasteiger partial charge in [-0.1, -0.05) is 18.2 Å². The number of aryl methyl sites for hydroxylation is 1. The van der Waals surface area contributed by atoms with Gasteiger partial charge in [0.25, 0.3) is 0 Å². The van der Waals surface area contributed by atoms with Gasteiger partial charge in [0.15, 0.2) is 27.2 Å². The summed E-state index contributed by atoms with van der Waals surface area (Å²) >= 11 is 0. The minimum Gasteiger partial charge on any atom is -0.436 e. The average Bonchev–Trinajstić information content (AvgIpc) is 3.65. The van der Waals surface area contributed by atoms with Gasteiger partial charge in [0.2, 0.25) is 5.88 Å². The van der Waals surface area contributed by atoms with Crippen molar-refractivity contribution in [3.05, 3.63) is 94.1 Å². The maximum Gasteiger partial charge on any atom is 0.387 e. The van der Waals surface area contributed by atoms with E-state index in [-0.39, 0.29) is 40.7 Å². The lowest BCUT2D eigenvalue weighted by Crippen LogP contribution is -2.13. The lowest BCUT2D eigenvalue weighted by atomic mass is 10.0. The summed E-state index contributed by atoms with van der Waals surface area (Å²) in [6.07, 6.45) is 5.56. The number of pyridine rings is 1. The van der Waals surface area contributed by atoms with Crippen molar-refractivity contribution in [1.29, 1.82) is 0 Å². The molecule has 0 spiro atoms. The number of aromatic nitrogens is 3. The highest BCUT2D eigenvalue weighted by atomic mass is 32.2. The van der Waals surface area contributed by atoms with E-state index in [1.807, 2.05) is 0 Å². The zero-order valence-corrected chi connectivity index (χ0v) is 23.6. The number of halogens is 3. The van der Waals surface area contributed by atoms with E-state index in [0.717, 1.165) is 0 Å². The first kappa shape index (κ1) is 28.5. The molecule has 222 valence electrons. The fraction of sp³-hybridized carbons (Fsp3) is 0.233. The Hall–Kier alpha value is -4.65. The van der Waals surface area contributed by atoms with Crippen LogP contribution in [0.5, 0.6) is 17.4 Å². The van der Waals surface area contributed by atoms with Gasteiger partial charge in [0, 0.05) is 23.6 Å². The molecule has 2 aliphatic rings. The lowest BCUT2D eigenvalue weighted by Gasteiger charge is -2.13. The summed E-state index contributed by atoms with van der Waals surface area (Å²) in [4.78, 5) is 17.7. The zero-order valence-electron chi connectivity index (χ0n) is 22.8. The second-order valence-corrected chi connectivity index (χ2v) is 12.7. The smallest absolute Gasteiger partial charge is 0.387 e. The number of fused-ring (bicyclic) bond motifs is 1. The Bertz CT molecular complexity index is 1900. The van der Waals surface area contributed by atoms with E-state index in [0.29, 0.717) is 40.8 Å². The van der Waals surface area contributed by atoms with Gasteiger partial charge >= 0.3 is 6.61 Å². The number of Topliss-reactive ketones (excluding diaryl/α,β-unsaturated/α-hetero) is 1. The Balaban J connectivity index is 1.24. The Morgan fingerprint density at radius 2 is 1.91 bits per heavy atom. The SMILES string of the molecule is Cc1cc(Oc2ccccc2F)ncc1-n1ncc(C(=O)C2=Cc3cc(OC(F)F)c(CS(=O)(=O)C4CC4)cc3C2)c1N. The number of ketones is 1. The minimum atomic E-state index is -3.51. The third kappa shape index (κ3) is 5.72. The Morgan fingerprint density at radius 3 is 2.60 bits per heavy atom. The highest BCUT2D eigenvalue weighted by Crippen LogP contribution is 2.38. The average molecular weight is 611 g/mol. The minimum absolute atomic E-state index is 0.0176. The zero-order chi connectivity index (χ0) is 30.5. The number of hydrogen-bond donors (Lipinski definition) is 1. The summed E-state index contributed by atoms with van der Waals surface area (Å²) in [5.74, 6) is -1.40. The van der Waals surface area contributed by atoms with Crippen molar-refractivity contribution in [3.8, 4) is 23.1 Å². The molecule has 6 rings (SSSR count). The standard InChI is InChI=1S/C30H25F3N4O5S/c1-16-8-27(41-25-5-3-2-4-23(25)31)35-14-24(16)37-29(34)22(13-36-37)28(38)19-9-17-11-20(15-43(39,40)21-6-7-21)26(42-30(32)33)12-18(17)10-19/h2-5,8,10-14,21,30H,6-7,9,15,34H2,1H3. The molecule has 4 aromatic rings. The topological polar surface area (TPSA) is 126 Å². The van der Waals surface area contributed by atoms with Crippen LogP contribution < -0.4 is 15.2 Å². The number of benzene rings is 2. The normalized spacial score (nSPS) is 14.5. The Labute approximate surface area is 244 Å². The first-order valence-corrected chi connectivity index (χ1v) is 15.0. The second kappa shape index (κ2) is 10.9. The number of nitrogens with two attached hydrogens (primary N) is 1. The van der Waals surface area contributed by atoms with E-state index < -0.39 is 39.1 Å². The number of ether oxygens (including phenoxy) is 2. The largest absolute Gasteiger partial charge is 0.436 e. The highest BCUT2D eigenvalue weighted by molar-refractivity contribution is 7.91. The lowest BCUT2D eigenvalue weighted by molar-refractivity contribution is -0.0503. The Morgan fingerprint density at radius 1 is 1.14 bits per heavy atom. The molecule has 0 unspecified atom stereocenters. The number of nitrogens with zero attached hydrogens (tertiary/aromatic N) is 3. The van der Waals surface area contributed by atoms with Crippen LogP contribution in [0.2, 0.25) is 0 Å². The van der Waals surface area contributed by atoms with E-state index >= 15 is 0 Å². The molecule has 2 aliphatic carbocycles. The number of anilines is 1. The number of para-hydroxylation sites is 1. The molecule has 13 heteroatoms. The molecular formula is C30H25F3N4O5S. The van der Waals surface area contributed by atoms with E-state index in [4.69, 9.17) is 10.5 Å². The number of nitrogen functional groups attached to an aromatic ring is 1. The summed E-state index contributed by atoms with van der Waals surface area (Å²) in [5.41, 5.74) is 9.11. The van der Waals surface area contributed by atoms with E-state index in [1.54, 1.807) is 31.2 Å². The van der Waals surface area contributed by atoms with Gasteiger partial charge in [-0.2, -0.15) is 13.9 Å². The first-order chi connectivity index (χ1) is 20.5. The van der Waals surface area contributed by atoms with Crippen molar-refractivity contribution < 1.29 is 35.9 Å². The molecule has 2 aromatic heterocycles. The fourth-order valence-corrected chi connectivity index (χ4v) is 6.74. The van der Waals surface area contributed by atoms with Crippen LogP contribution in [0.15, 0.2) is 60.4 Å². The number of carbonyl (C=O) groups is 1. The van der Waals surface area contributed by atoms with Crippen molar-refractivity contribution in [1.82, 2.24) is 14.8 Å². The first-order valence-electron chi connectivity index (χ1n) is 13.3. The van der Waals surface area contributed by atoms with Gasteiger partial charge in [0.05, 0.1) is 34.6 Å². The van der Waals surface area contributed by atoms with Crippen LogP contribution in [0.1, 0.15) is 45.5 Å². The summed E-state index contributed by atoms with van der Waals surface area (Å²) < 4.78 is 77.0. The van der Waals surface area contributed by atoms with Gasteiger partial charge in [-0.3, -0.25) is 4.79 Å². The van der Waals surface area contributed by atoms with Gasteiger partial charge < -0.3 is 15.2 Å². The molecule has 1 fully saturated rings. The third-order valence-corrected chi connectivity index (χ3v) is 9.52. The maximum absolute atomic E-state index is 14.0. The number of sulfone groups is 1. The maximum atomic E-state index is 14.0. The van der Waals surface area contributed by atoms with Crippen molar-refractivity contribution in [2.24, 2.45) is 0 Å². The predicted octanol–water partition coefficient (Wildman–Crippen LogP) is 5.59.